The van der Waals surface area contributed by atoms with Gasteiger partial charge in [-0.1, -0.05) is 23.7 Å². The molecule has 0 bridgehead atoms. The first-order chi connectivity index (χ1) is 10.2. The van der Waals surface area contributed by atoms with E-state index in [2.05, 4.69) is 15.3 Å². The van der Waals surface area contributed by atoms with E-state index in [9.17, 15) is 0 Å². The van der Waals surface area contributed by atoms with Crippen LogP contribution in [0.2, 0.25) is 5.02 Å². The molecule has 0 amide bonds. The van der Waals surface area contributed by atoms with Crippen LogP contribution in [0.5, 0.6) is 0 Å². The molecule has 1 aromatic carbocycles. The van der Waals surface area contributed by atoms with Crippen LogP contribution in [-0.2, 0) is 4.74 Å². The highest BCUT2D eigenvalue weighted by Crippen LogP contribution is 2.24. The number of halogens is 1. The minimum atomic E-state index is -0.198. The standard InChI is InChI=1S/C15H15ClN4O/c1-10(20-15-13(9-17)18-7-8-19-15)14(21-2)11-3-5-12(16)6-4-11/h3-8,10,14H,1-2H3,(H,19,20)/t10-,14+/m0/s1. The normalized spacial score (nSPS) is 13.2. The van der Waals surface area contributed by atoms with Crippen molar-refractivity contribution in [3.63, 3.8) is 0 Å². The van der Waals surface area contributed by atoms with E-state index >= 15 is 0 Å². The molecule has 0 aliphatic carbocycles. The van der Waals surface area contributed by atoms with Gasteiger partial charge in [0.25, 0.3) is 0 Å². The Hall–Kier alpha value is -2.16. The maximum Gasteiger partial charge on any atom is 0.182 e. The van der Waals surface area contributed by atoms with Gasteiger partial charge >= 0.3 is 0 Å². The molecule has 1 heterocycles. The van der Waals surface area contributed by atoms with Crippen molar-refractivity contribution in [1.82, 2.24) is 9.97 Å². The number of hydrogen-bond donors (Lipinski definition) is 1. The van der Waals surface area contributed by atoms with Crippen LogP contribution in [0.25, 0.3) is 0 Å². The second-order valence-corrected chi connectivity index (χ2v) is 4.94. The third-order valence-electron chi connectivity index (χ3n) is 3.08. The molecular weight excluding hydrogens is 288 g/mol. The van der Waals surface area contributed by atoms with Crippen LogP contribution in [0.15, 0.2) is 36.7 Å². The summed E-state index contributed by atoms with van der Waals surface area (Å²) in [5.41, 5.74) is 1.25. The van der Waals surface area contributed by atoms with Crippen molar-refractivity contribution >= 4 is 17.4 Å². The fraction of sp³-hybridized carbons (Fsp3) is 0.267. The maximum atomic E-state index is 9.04. The summed E-state index contributed by atoms with van der Waals surface area (Å²) in [6.07, 6.45) is 2.83. The van der Waals surface area contributed by atoms with Crippen LogP contribution >= 0.6 is 11.6 Å². The highest BCUT2D eigenvalue weighted by atomic mass is 35.5. The quantitative estimate of drug-likeness (QED) is 0.918. The summed E-state index contributed by atoms with van der Waals surface area (Å²) in [7, 11) is 1.64. The summed E-state index contributed by atoms with van der Waals surface area (Å²) >= 11 is 5.90. The van der Waals surface area contributed by atoms with Crippen LogP contribution in [0.1, 0.15) is 24.3 Å². The number of nitrogens with one attached hydrogen (secondary N) is 1. The van der Waals surface area contributed by atoms with E-state index in [-0.39, 0.29) is 17.8 Å². The zero-order chi connectivity index (χ0) is 15.2. The zero-order valence-electron chi connectivity index (χ0n) is 11.7. The molecule has 5 nitrogen and oxygen atoms in total. The topological polar surface area (TPSA) is 70.8 Å². The van der Waals surface area contributed by atoms with E-state index in [4.69, 9.17) is 21.6 Å². The predicted molar refractivity (Wildman–Crippen MR) is 81.0 cm³/mol. The number of rotatable bonds is 5. The molecule has 108 valence electrons. The first-order valence-corrected chi connectivity index (χ1v) is 6.79. The van der Waals surface area contributed by atoms with Gasteiger partial charge in [-0.2, -0.15) is 5.26 Å². The lowest BCUT2D eigenvalue weighted by molar-refractivity contribution is 0.0906. The van der Waals surface area contributed by atoms with Gasteiger partial charge in [0.15, 0.2) is 11.5 Å². The van der Waals surface area contributed by atoms with Gasteiger partial charge in [-0.05, 0) is 24.6 Å². The minimum Gasteiger partial charge on any atom is -0.375 e. The number of benzene rings is 1. The molecule has 2 aromatic rings. The van der Waals surface area contributed by atoms with E-state index in [0.717, 1.165) is 5.56 Å². The largest absolute Gasteiger partial charge is 0.375 e. The average molecular weight is 303 g/mol. The van der Waals surface area contributed by atoms with Crippen molar-refractivity contribution in [1.29, 1.82) is 5.26 Å². The Labute approximate surface area is 128 Å². The Morgan fingerprint density at radius 2 is 1.90 bits per heavy atom. The highest BCUT2D eigenvalue weighted by Gasteiger charge is 2.20. The molecule has 0 unspecified atom stereocenters. The number of aromatic nitrogens is 2. The molecule has 1 N–H and O–H groups in total. The van der Waals surface area contributed by atoms with Crippen LogP contribution in [0, 0.1) is 11.3 Å². The second kappa shape index (κ2) is 7.02. The lowest BCUT2D eigenvalue weighted by Crippen LogP contribution is -2.26. The summed E-state index contributed by atoms with van der Waals surface area (Å²) in [5, 5.41) is 12.9. The minimum absolute atomic E-state index is 0.0972. The van der Waals surface area contributed by atoms with Crippen molar-refractivity contribution in [2.24, 2.45) is 0 Å². The summed E-state index contributed by atoms with van der Waals surface area (Å²) in [5.74, 6) is 0.448. The monoisotopic (exact) mass is 302 g/mol. The van der Waals surface area contributed by atoms with Crippen LogP contribution in [0.4, 0.5) is 5.82 Å². The molecule has 0 saturated carbocycles. The molecule has 21 heavy (non-hydrogen) atoms. The zero-order valence-corrected chi connectivity index (χ0v) is 12.5. The summed E-state index contributed by atoms with van der Waals surface area (Å²) in [4.78, 5) is 8.12. The second-order valence-electron chi connectivity index (χ2n) is 4.51. The predicted octanol–water partition coefficient (Wildman–Crippen LogP) is 3.19. The van der Waals surface area contributed by atoms with Crippen molar-refractivity contribution < 1.29 is 4.74 Å². The van der Waals surface area contributed by atoms with Crippen molar-refractivity contribution in [3.05, 3.63) is 52.9 Å². The SMILES string of the molecule is CO[C@@H](c1ccc(Cl)cc1)[C@H](C)Nc1nccnc1C#N. The van der Waals surface area contributed by atoms with Gasteiger partial charge in [0, 0.05) is 24.5 Å². The molecule has 0 aliphatic rings. The van der Waals surface area contributed by atoms with Gasteiger partial charge in [0.1, 0.15) is 12.2 Å². The Balaban J connectivity index is 2.19. The summed E-state index contributed by atoms with van der Waals surface area (Å²) < 4.78 is 5.55. The first-order valence-electron chi connectivity index (χ1n) is 6.41. The Bertz CT molecular complexity index is 639. The molecular formula is C15H15ClN4O. The lowest BCUT2D eigenvalue weighted by atomic mass is 10.0. The molecule has 0 saturated heterocycles. The van der Waals surface area contributed by atoms with Gasteiger partial charge < -0.3 is 10.1 Å². The fourth-order valence-corrected chi connectivity index (χ4v) is 2.22. The van der Waals surface area contributed by atoms with Gasteiger partial charge in [0.2, 0.25) is 0 Å². The van der Waals surface area contributed by atoms with E-state index < -0.39 is 0 Å². The number of ether oxygens (including phenoxy) is 1. The number of methoxy groups -OCH3 is 1. The molecule has 6 heteroatoms. The molecule has 2 atom stereocenters. The lowest BCUT2D eigenvalue weighted by Gasteiger charge is -2.24. The summed E-state index contributed by atoms with van der Waals surface area (Å²) in [6, 6.07) is 9.38. The Morgan fingerprint density at radius 1 is 1.24 bits per heavy atom. The maximum absolute atomic E-state index is 9.04. The number of nitriles is 1. The van der Waals surface area contributed by atoms with E-state index in [1.165, 1.54) is 6.20 Å². The molecule has 1 aromatic heterocycles. The number of nitrogens with zero attached hydrogens (tertiary/aromatic N) is 3. The molecule has 0 fully saturated rings. The number of hydrogen-bond acceptors (Lipinski definition) is 5. The smallest absolute Gasteiger partial charge is 0.182 e. The van der Waals surface area contributed by atoms with Crippen molar-refractivity contribution in [2.45, 2.75) is 19.1 Å². The van der Waals surface area contributed by atoms with Crippen LogP contribution < -0.4 is 5.32 Å². The average Bonchev–Trinajstić information content (AvgIpc) is 2.50. The van der Waals surface area contributed by atoms with Gasteiger partial charge in [-0.15, -0.1) is 0 Å². The number of anilines is 1. The highest BCUT2D eigenvalue weighted by molar-refractivity contribution is 6.30. The third-order valence-corrected chi connectivity index (χ3v) is 3.33. The fourth-order valence-electron chi connectivity index (χ4n) is 2.10. The van der Waals surface area contributed by atoms with Crippen LogP contribution in [0.3, 0.4) is 0 Å². The van der Waals surface area contributed by atoms with Crippen molar-refractivity contribution in [3.8, 4) is 6.07 Å². The van der Waals surface area contributed by atoms with Gasteiger partial charge in [0.05, 0.1) is 6.04 Å². The van der Waals surface area contributed by atoms with Gasteiger partial charge in [-0.3, -0.25) is 0 Å². The molecule has 0 spiro atoms. The van der Waals surface area contributed by atoms with E-state index in [1.807, 2.05) is 37.3 Å². The molecule has 2 rings (SSSR count). The van der Waals surface area contributed by atoms with E-state index in [1.54, 1.807) is 13.3 Å². The van der Waals surface area contributed by atoms with Gasteiger partial charge in [-0.25, -0.2) is 9.97 Å². The first kappa shape index (κ1) is 15.2. The van der Waals surface area contributed by atoms with Crippen LogP contribution in [-0.4, -0.2) is 23.1 Å². The Morgan fingerprint density at radius 3 is 2.52 bits per heavy atom. The third kappa shape index (κ3) is 3.69. The van der Waals surface area contributed by atoms with Crippen molar-refractivity contribution in [2.75, 3.05) is 12.4 Å². The molecule has 0 aliphatic heterocycles. The summed E-state index contributed by atoms with van der Waals surface area (Å²) in [6.45, 7) is 1.96. The van der Waals surface area contributed by atoms with E-state index in [0.29, 0.717) is 10.8 Å². The Kier molecular flexibility index (Phi) is 5.09. The molecule has 0 radical (unpaired) electrons.